The smallest absolute Gasteiger partial charge is 0.438 e. The SMILES string of the molecule is FC(F)(F)Oc1ccc(Oc2ncccc2-c2csc(NC3=NCCCN3)n2)cc1. The molecule has 30 heavy (non-hydrogen) atoms. The topological polar surface area (TPSA) is 80.7 Å². The third-order valence-corrected chi connectivity index (χ3v) is 4.70. The highest BCUT2D eigenvalue weighted by Crippen LogP contribution is 2.34. The zero-order valence-corrected chi connectivity index (χ0v) is 16.3. The Hall–Kier alpha value is -3.34. The van der Waals surface area contributed by atoms with Crippen molar-refractivity contribution < 1.29 is 22.6 Å². The molecule has 1 aromatic carbocycles. The highest BCUT2D eigenvalue weighted by molar-refractivity contribution is 7.14. The molecule has 1 aliphatic rings. The number of thiazole rings is 1. The van der Waals surface area contributed by atoms with Gasteiger partial charge in [-0.15, -0.1) is 24.5 Å². The van der Waals surface area contributed by atoms with E-state index < -0.39 is 6.36 Å². The van der Waals surface area contributed by atoms with Gasteiger partial charge in [-0.1, -0.05) is 0 Å². The van der Waals surface area contributed by atoms with Gasteiger partial charge in [0.05, 0.1) is 11.3 Å². The molecule has 0 saturated heterocycles. The summed E-state index contributed by atoms with van der Waals surface area (Å²) in [5.41, 5.74) is 1.30. The van der Waals surface area contributed by atoms with Crippen molar-refractivity contribution >= 4 is 22.4 Å². The van der Waals surface area contributed by atoms with Crippen molar-refractivity contribution in [3.63, 3.8) is 0 Å². The van der Waals surface area contributed by atoms with Gasteiger partial charge in [-0.05, 0) is 42.8 Å². The number of aliphatic imine (C=N–C) groups is 1. The molecular formula is C19H16F3N5O2S. The molecule has 0 fully saturated rings. The van der Waals surface area contributed by atoms with Crippen molar-refractivity contribution in [3.8, 4) is 28.6 Å². The van der Waals surface area contributed by atoms with E-state index in [1.807, 2.05) is 5.38 Å². The Kier molecular flexibility index (Phi) is 5.70. The lowest BCUT2D eigenvalue weighted by Gasteiger charge is -2.14. The van der Waals surface area contributed by atoms with Crippen molar-refractivity contribution in [2.75, 3.05) is 18.4 Å². The summed E-state index contributed by atoms with van der Waals surface area (Å²) in [7, 11) is 0. The van der Waals surface area contributed by atoms with Gasteiger partial charge in [-0.3, -0.25) is 4.99 Å². The zero-order valence-electron chi connectivity index (χ0n) is 15.4. The number of rotatable bonds is 5. The minimum atomic E-state index is -4.74. The fourth-order valence-corrected chi connectivity index (χ4v) is 3.37. The van der Waals surface area contributed by atoms with Crippen molar-refractivity contribution in [1.29, 1.82) is 0 Å². The number of aromatic nitrogens is 2. The number of nitrogens with one attached hydrogen (secondary N) is 2. The average Bonchev–Trinajstić information content (AvgIpc) is 3.18. The number of guanidine groups is 1. The Bertz CT molecular complexity index is 1040. The Balaban J connectivity index is 1.50. The van der Waals surface area contributed by atoms with Gasteiger partial charge in [0.25, 0.3) is 0 Å². The van der Waals surface area contributed by atoms with E-state index in [2.05, 4.69) is 30.3 Å². The van der Waals surface area contributed by atoms with Gasteiger partial charge < -0.3 is 20.1 Å². The van der Waals surface area contributed by atoms with E-state index >= 15 is 0 Å². The molecular weight excluding hydrogens is 419 g/mol. The maximum atomic E-state index is 12.3. The Morgan fingerprint density at radius 2 is 1.90 bits per heavy atom. The van der Waals surface area contributed by atoms with Crippen molar-refractivity contribution in [2.24, 2.45) is 4.99 Å². The standard InChI is InChI=1S/C19H16F3N5O2S/c20-19(21,22)29-13-6-4-12(5-7-13)28-16-14(3-1-8-23-16)15-11-30-18(26-15)27-17-24-9-2-10-25-17/h1,3-8,11H,2,9-10H2,(H2,24,25,26,27). The van der Waals surface area contributed by atoms with Gasteiger partial charge in [-0.25, -0.2) is 9.97 Å². The molecule has 7 nitrogen and oxygen atoms in total. The van der Waals surface area contributed by atoms with Crippen molar-refractivity contribution in [1.82, 2.24) is 15.3 Å². The van der Waals surface area contributed by atoms with Crippen LogP contribution in [-0.4, -0.2) is 35.4 Å². The molecule has 2 N–H and O–H groups in total. The Morgan fingerprint density at radius 3 is 2.63 bits per heavy atom. The van der Waals surface area contributed by atoms with E-state index in [-0.39, 0.29) is 11.6 Å². The number of alkyl halides is 3. The number of benzene rings is 1. The van der Waals surface area contributed by atoms with E-state index in [4.69, 9.17) is 4.74 Å². The molecule has 1 aliphatic heterocycles. The number of pyridine rings is 1. The molecule has 3 aromatic rings. The molecule has 0 bridgehead atoms. The molecule has 11 heteroatoms. The van der Waals surface area contributed by atoms with Crippen LogP contribution in [-0.2, 0) is 0 Å². The second-order valence-electron chi connectivity index (χ2n) is 6.15. The van der Waals surface area contributed by atoms with E-state index in [9.17, 15) is 13.2 Å². The monoisotopic (exact) mass is 435 g/mol. The number of anilines is 1. The molecule has 0 atom stereocenters. The van der Waals surface area contributed by atoms with E-state index in [0.717, 1.165) is 19.5 Å². The lowest BCUT2D eigenvalue weighted by Crippen LogP contribution is -2.35. The van der Waals surface area contributed by atoms with Crippen molar-refractivity contribution in [3.05, 3.63) is 48.0 Å². The Labute approximate surface area is 173 Å². The van der Waals surface area contributed by atoms with Gasteiger partial charge >= 0.3 is 6.36 Å². The van der Waals surface area contributed by atoms with E-state index in [1.54, 1.807) is 18.3 Å². The van der Waals surface area contributed by atoms with Crippen LogP contribution in [0.4, 0.5) is 18.3 Å². The van der Waals surface area contributed by atoms with Gasteiger partial charge in [0, 0.05) is 24.7 Å². The highest BCUT2D eigenvalue weighted by atomic mass is 32.1. The summed E-state index contributed by atoms with van der Waals surface area (Å²) in [4.78, 5) is 13.1. The molecule has 0 amide bonds. The lowest BCUT2D eigenvalue weighted by atomic mass is 10.2. The molecule has 0 saturated carbocycles. The molecule has 2 aromatic heterocycles. The number of ether oxygens (including phenoxy) is 2. The summed E-state index contributed by atoms with van der Waals surface area (Å²) in [5.74, 6) is 0.960. The molecule has 0 spiro atoms. The summed E-state index contributed by atoms with van der Waals surface area (Å²) in [6.07, 6.45) is -2.19. The van der Waals surface area contributed by atoms with Gasteiger partial charge in [0.1, 0.15) is 11.5 Å². The second-order valence-corrected chi connectivity index (χ2v) is 7.01. The lowest BCUT2D eigenvalue weighted by molar-refractivity contribution is -0.274. The van der Waals surface area contributed by atoms with E-state index in [0.29, 0.717) is 28.1 Å². The first-order valence-corrected chi connectivity index (χ1v) is 9.84. The quantitative estimate of drug-likeness (QED) is 0.607. The minimum Gasteiger partial charge on any atom is -0.438 e. The van der Waals surface area contributed by atoms with Crippen LogP contribution >= 0.6 is 11.3 Å². The Morgan fingerprint density at radius 1 is 1.10 bits per heavy atom. The third kappa shape index (κ3) is 5.17. The molecule has 0 unspecified atom stereocenters. The summed E-state index contributed by atoms with van der Waals surface area (Å²) in [6, 6.07) is 8.66. The predicted octanol–water partition coefficient (Wildman–Crippen LogP) is 4.66. The van der Waals surface area contributed by atoms with Gasteiger partial charge in [-0.2, -0.15) is 0 Å². The van der Waals surface area contributed by atoms with Crippen LogP contribution in [0, 0.1) is 0 Å². The number of hydrogen-bond acceptors (Lipinski definition) is 8. The van der Waals surface area contributed by atoms with Crippen LogP contribution < -0.4 is 20.1 Å². The third-order valence-electron chi connectivity index (χ3n) is 3.95. The van der Waals surface area contributed by atoms with Gasteiger partial charge in [0.2, 0.25) is 5.88 Å². The van der Waals surface area contributed by atoms with Crippen LogP contribution in [0.5, 0.6) is 17.4 Å². The van der Waals surface area contributed by atoms with Crippen LogP contribution in [0.25, 0.3) is 11.3 Å². The zero-order chi connectivity index (χ0) is 21.0. The normalized spacial score (nSPS) is 13.9. The van der Waals surface area contributed by atoms with E-state index in [1.165, 1.54) is 35.6 Å². The van der Waals surface area contributed by atoms with Crippen molar-refractivity contribution in [2.45, 2.75) is 12.8 Å². The van der Waals surface area contributed by atoms with Crippen LogP contribution in [0.3, 0.4) is 0 Å². The first-order valence-electron chi connectivity index (χ1n) is 8.96. The summed E-state index contributed by atoms with van der Waals surface area (Å²) >= 11 is 1.41. The molecule has 4 rings (SSSR count). The average molecular weight is 435 g/mol. The number of halogens is 3. The number of nitrogens with zero attached hydrogens (tertiary/aromatic N) is 3. The molecule has 156 valence electrons. The first-order chi connectivity index (χ1) is 14.5. The first kappa shape index (κ1) is 20.0. The van der Waals surface area contributed by atoms with Crippen LogP contribution in [0.15, 0.2) is 53.0 Å². The fourth-order valence-electron chi connectivity index (χ4n) is 2.66. The van der Waals surface area contributed by atoms with Gasteiger partial charge in [0.15, 0.2) is 11.1 Å². The number of hydrogen-bond donors (Lipinski definition) is 2. The molecule has 3 heterocycles. The molecule has 0 radical (unpaired) electrons. The second kappa shape index (κ2) is 8.57. The fraction of sp³-hybridized carbons (Fsp3) is 0.211. The summed E-state index contributed by atoms with van der Waals surface area (Å²) < 4.78 is 46.5. The summed E-state index contributed by atoms with van der Waals surface area (Å²) in [5, 5.41) is 8.84. The maximum Gasteiger partial charge on any atom is 0.573 e. The highest BCUT2D eigenvalue weighted by Gasteiger charge is 2.31. The minimum absolute atomic E-state index is 0.284. The predicted molar refractivity (Wildman–Crippen MR) is 107 cm³/mol. The molecule has 0 aliphatic carbocycles. The van der Waals surface area contributed by atoms with Crippen LogP contribution in [0.2, 0.25) is 0 Å². The largest absolute Gasteiger partial charge is 0.573 e. The maximum absolute atomic E-state index is 12.3. The summed E-state index contributed by atoms with van der Waals surface area (Å²) in [6.45, 7) is 1.62. The van der Waals surface area contributed by atoms with Crippen LogP contribution in [0.1, 0.15) is 6.42 Å².